The molecule has 0 bridgehead atoms. The second-order valence-electron chi connectivity index (χ2n) is 3.27. The Kier molecular flexibility index (Phi) is 3.92. The van der Waals surface area contributed by atoms with Crippen LogP contribution >= 0.6 is 0 Å². The number of carboxylic acid groups (broad SMARTS) is 1. The zero-order chi connectivity index (χ0) is 10.4. The number of rotatable bonds is 4. The normalized spacial score (nSPS) is 12.9. The Morgan fingerprint density at radius 1 is 1.43 bits per heavy atom. The first-order valence-electron chi connectivity index (χ1n) is 4.62. The van der Waals surface area contributed by atoms with Crippen LogP contribution in [0.3, 0.4) is 0 Å². The topological polar surface area (TPSA) is 40.1 Å². The van der Waals surface area contributed by atoms with Gasteiger partial charge < -0.3 is 9.90 Å². The largest absolute Gasteiger partial charge is 0.550 e. The summed E-state index contributed by atoms with van der Waals surface area (Å²) in [7, 11) is 0. The van der Waals surface area contributed by atoms with Gasteiger partial charge in [-0.2, -0.15) is 0 Å². The maximum absolute atomic E-state index is 10.4. The molecule has 0 aliphatic carbocycles. The number of hydrogen-bond acceptors (Lipinski definition) is 2. The van der Waals surface area contributed by atoms with Crippen LogP contribution in [0.2, 0.25) is 0 Å². The van der Waals surface area contributed by atoms with E-state index < -0.39 is 11.9 Å². The fraction of sp³-hybridized carbons (Fsp3) is 0.250. The van der Waals surface area contributed by atoms with E-state index in [-0.39, 0.29) is 0 Å². The molecule has 1 unspecified atom stereocenters. The van der Waals surface area contributed by atoms with Crippen LogP contribution in [0.5, 0.6) is 0 Å². The second kappa shape index (κ2) is 5.22. The first kappa shape index (κ1) is 10.5. The molecule has 0 saturated heterocycles. The lowest BCUT2D eigenvalue weighted by molar-refractivity contribution is -0.310. The molecule has 74 valence electrons. The van der Waals surface area contributed by atoms with Gasteiger partial charge in [0.15, 0.2) is 0 Å². The average molecular weight is 189 g/mol. The van der Waals surface area contributed by atoms with Crippen molar-refractivity contribution >= 4 is 12.0 Å². The third-order valence-electron chi connectivity index (χ3n) is 2.00. The molecule has 1 rings (SSSR count). The summed E-state index contributed by atoms with van der Waals surface area (Å²) in [6.45, 7) is 1.64. The summed E-state index contributed by atoms with van der Waals surface area (Å²) >= 11 is 0. The number of carbonyl (C=O) groups is 1. The molecule has 0 heterocycles. The summed E-state index contributed by atoms with van der Waals surface area (Å²) in [4.78, 5) is 10.4. The SMILES string of the molecule is CC(C/C=C/c1ccccc1)C(=O)[O-]. The predicted octanol–water partition coefficient (Wildman–Crippen LogP) is 1.48. The van der Waals surface area contributed by atoms with Crippen molar-refractivity contribution in [3.8, 4) is 0 Å². The lowest BCUT2D eigenvalue weighted by Gasteiger charge is -2.08. The molecule has 0 aliphatic heterocycles. The van der Waals surface area contributed by atoms with E-state index in [0.29, 0.717) is 6.42 Å². The molecule has 0 saturated carbocycles. The first-order valence-corrected chi connectivity index (χ1v) is 4.62. The Morgan fingerprint density at radius 3 is 2.64 bits per heavy atom. The molecule has 0 spiro atoms. The lowest BCUT2D eigenvalue weighted by Crippen LogP contribution is -2.28. The minimum absolute atomic E-state index is 0.421. The van der Waals surface area contributed by atoms with E-state index in [2.05, 4.69) is 0 Å². The highest BCUT2D eigenvalue weighted by atomic mass is 16.4. The van der Waals surface area contributed by atoms with Crippen molar-refractivity contribution < 1.29 is 9.90 Å². The minimum Gasteiger partial charge on any atom is -0.550 e. The summed E-state index contributed by atoms with van der Waals surface area (Å²) in [5.74, 6) is -1.42. The fourth-order valence-electron chi connectivity index (χ4n) is 1.07. The predicted molar refractivity (Wildman–Crippen MR) is 54.3 cm³/mol. The minimum atomic E-state index is -0.997. The van der Waals surface area contributed by atoms with Crippen molar-refractivity contribution in [2.45, 2.75) is 13.3 Å². The van der Waals surface area contributed by atoms with Crippen molar-refractivity contribution in [3.05, 3.63) is 42.0 Å². The van der Waals surface area contributed by atoms with Crippen LogP contribution in [0.1, 0.15) is 18.9 Å². The van der Waals surface area contributed by atoms with Gasteiger partial charge in [0.25, 0.3) is 0 Å². The van der Waals surface area contributed by atoms with Crippen LogP contribution in [0.25, 0.3) is 6.08 Å². The number of aliphatic carboxylic acids is 1. The Hall–Kier alpha value is -1.57. The van der Waals surface area contributed by atoms with Crippen molar-refractivity contribution in [3.63, 3.8) is 0 Å². The molecule has 2 nitrogen and oxygen atoms in total. The van der Waals surface area contributed by atoms with Gasteiger partial charge in [-0.3, -0.25) is 0 Å². The van der Waals surface area contributed by atoms with Gasteiger partial charge in [0.1, 0.15) is 0 Å². The first-order chi connectivity index (χ1) is 6.70. The van der Waals surface area contributed by atoms with E-state index in [4.69, 9.17) is 0 Å². The van der Waals surface area contributed by atoms with Gasteiger partial charge in [0, 0.05) is 5.97 Å². The standard InChI is InChI=1S/C12H14O2/c1-10(12(13)14)6-5-9-11-7-3-2-4-8-11/h2-5,7-10H,6H2,1H3,(H,13,14)/p-1/b9-5+. The summed E-state index contributed by atoms with van der Waals surface area (Å²) in [5, 5.41) is 10.4. The van der Waals surface area contributed by atoms with Crippen molar-refractivity contribution in [2.24, 2.45) is 5.92 Å². The van der Waals surface area contributed by atoms with Crippen molar-refractivity contribution in [1.82, 2.24) is 0 Å². The third kappa shape index (κ3) is 3.44. The molecule has 0 aliphatic rings. The van der Waals surface area contributed by atoms with E-state index in [0.717, 1.165) is 5.56 Å². The van der Waals surface area contributed by atoms with Gasteiger partial charge in [-0.15, -0.1) is 0 Å². The molecule has 1 atom stereocenters. The van der Waals surface area contributed by atoms with Crippen LogP contribution < -0.4 is 5.11 Å². The highest BCUT2D eigenvalue weighted by Crippen LogP contribution is 2.06. The molecule has 0 amide bonds. The number of benzene rings is 1. The second-order valence-corrected chi connectivity index (χ2v) is 3.27. The maximum Gasteiger partial charge on any atom is 0.0445 e. The molecule has 14 heavy (non-hydrogen) atoms. The zero-order valence-corrected chi connectivity index (χ0v) is 8.14. The average Bonchev–Trinajstić information content (AvgIpc) is 2.19. The Labute approximate surface area is 83.9 Å². The van der Waals surface area contributed by atoms with E-state index >= 15 is 0 Å². The summed E-state index contributed by atoms with van der Waals surface area (Å²) in [6.07, 6.45) is 4.28. The number of carboxylic acids is 1. The molecular weight excluding hydrogens is 176 g/mol. The van der Waals surface area contributed by atoms with Gasteiger partial charge in [0.05, 0.1) is 0 Å². The maximum atomic E-state index is 10.4. The van der Waals surface area contributed by atoms with Crippen LogP contribution in [0.4, 0.5) is 0 Å². The van der Waals surface area contributed by atoms with Crippen molar-refractivity contribution in [2.75, 3.05) is 0 Å². The smallest absolute Gasteiger partial charge is 0.0445 e. The Morgan fingerprint density at radius 2 is 2.07 bits per heavy atom. The van der Waals surface area contributed by atoms with Gasteiger partial charge in [-0.25, -0.2) is 0 Å². The van der Waals surface area contributed by atoms with Crippen LogP contribution in [0, 0.1) is 5.92 Å². The quantitative estimate of drug-likeness (QED) is 0.719. The van der Waals surface area contributed by atoms with Gasteiger partial charge in [-0.05, 0) is 17.9 Å². The molecule has 0 fully saturated rings. The molecule has 1 aromatic carbocycles. The summed E-state index contributed by atoms with van der Waals surface area (Å²) < 4.78 is 0. The third-order valence-corrected chi connectivity index (χ3v) is 2.00. The monoisotopic (exact) mass is 189 g/mol. The molecule has 0 aromatic heterocycles. The number of hydrogen-bond donors (Lipinski definition) is 0. The fourth-order valence-corrected chi connectivity index (χ4v) is 1.07. The van der Waals surface area contributed by atoms with Gasteiger partial charge in [-0.1, -0.05) is 49.4 Å². The Bertz CT molecular complexity index is 314. The zero-order valence-electron chi connectivity index (χ0n) is 8.14. The number of carbonyl (C=O) groups excluding carboxylic acids is 1. The number of allylic oxidation sites excluding steroid dienone is 1. The Balaban J connectivity index is 2.46. The van der Waals surface area contributed by atoms with Gasteiger partial charge in [0.2, 0.25) is 0 Å². The lowest BCUT2D eigenvalue weighted by atomic mass is 10.1. The van der Waals surface area contributed by atoms with Crippen LogP contribution in [0.15, 0.2) is 36.4 Å². The molecular formula is C12H13O2-. The molecule has 0 radical (unpaired) electrons. The highest BCUT2D eigenvalue weighted by Gasteiger charge is 1.98. The van der Waals surface area contributed by atoms with Crippen LogP contribution in [-0.2, 0) is 4.79 Å². The van der Waals surface area contributed by atoms with Crippen LogP contribution in [-0.4, -0.2) is 5.97 Å². The van der Waals surface area contributed by atoms with E-state index in [1.54, 1.807) is 6.92 Å². The molecule has 2 heteroatoms. The van der Waals surface area contributed by atoms with Crippen molar-refractivity contribution in [1.29, 1.82) is 0 Å². The van der Waals surface area contributed by atoms with E-state index in [9.17, 15) is 9.90 Å². The summed E-state index contributed by atoms with van der Waals surface area (Å²) in [5.41, 5.74) is 1.08. The highest BCUT2D eigenvalue weighted by molar-refractivity contribution is 5.67. The summed E-state index contributed by atoms with van der Waals surface area (Å²) in [6, 6.07) is 9.78. The van der Waals surface area contributed by atoms with E-state index in [1.807, 2.05) is 42.5 Å². The molecule has 1 aromatic rings. The van der Waals surface area contributed by atoms with E-state index in [1.165, 1.54) is 0 Å². The van der Waals surface area contributed by atoms with Gasteiger partial charge >= 0.3 is 0 Å². The molecule has 0 N–H and O–H groups in total.